The molecule has 2 N–H and O–H groups in total. The van der Waals surface area contributed by atoms with E-state index in [2.05, 4.69) is 25.7 Å². The normalized spacial score (nSPS) is 16.8. The summed E-state index contributed by atoms with van der Waals surface area (Å²) in [5.74, 6) is -2.18. The number of nitrogens with one attached hydrogen (secondary N) is 2. The number of carbonyl (C=O) groups excluding carboxylic acids is 4. The number of hydrogen-bond acceptors (Lipinski definition) is 8. The molecule has 14 heteroatoms. The van der Waals surface area contributed by atoms with Crippen molar-refractivity contribution in [3.05, 3.63) is 71.7 Å². The quantitative estimate of drug-likeness (QED) is 0.194. The van der Waals surface area contributed by atoms with Gasteiger partial charge in [-0.2, -0.15) is 18.3 Å². The summed E-state index contributed by atoms with van der Waals surface area (Å²) in [4.78, 5) is 58.5. The molecule has 1 fully saturated rings. The van der Waals surface area contributed by atoms with Gasteiger partial charge in [-0.15, -0.1) is 0 Å². The van der Waals surface area contributed by atoms with Crippen molar-refractivity contribution in [3.8, 4) is 11.3 Å². The highest BCUT2D eigenvalue weighted by Gasteiger charge is 2.44. The lowest BCUT2D eigenvalue weighted by molar-refractivity contribution is -0.140. The number of imide groups is 2. The van der Waals surface area contributed by atoms with E-state index in [1.807, 2.05) is 0 Å². The topological polar surface area (TPSA) is 139 Å². The van der Waals surface area contributed by atoms with Crippen LogP contribution < -0.4 is 10.6 Å². The zero-order valence-electron chi connectivity index (χ0n) is 23.9. The maximum absolute atomic E-state index is 13.7. The molecule has 2 aliphatic rings. The average Bonchev–Trinajstić information content (AvgIpc) is 3.58. The minimum absolute atomic E-state index is 0.0584. The fraction of sp³-hybridized carbons (Fsp3) is 0.323. The van der Waals surface area contributed by atoms with Gasteiger partial charge >= 0.3 is 6.18 Å². The molecule has 4 aromatic rings. The molecule has 0 aliphatic carbocycles. The third kappa shape index (κ3) is 6.12. The summed E-state index contributed by atoms with van der Waals surface area (Å²) < 4.78 is 42.8. The number of rotatable bonds is 10. The van der Waals surface area contributed by atoms with E-state index in [1.165, 1.54) is 12.3 Å². The predicted octanol–water partition coefficient (Wildman–Crippen LogP) is 4.59. The van der Waals surface area contributed by atoms with Crippen molar-refractivity contribution in [2.24, 2.45) is 0 Å². The van der Waals surface area contributed by atoms with E-state index in [0.717, 1.165) is 30.6 Å². The van der Waals surface area contributed by atoms with Gasteiger partial charge < -0.3 is 5.32 Å². The first-order valence-electron chi connectivity index (χ1n) is 14.6. The highest BCUT2D eigenvalue weighted by molar-refractivity contribution is 6.23. The Morgan fingerprint density at radius 3 is 2.40 bits per heavy atom. The van der Waals surface area contributed by atoms with Crippen LogP contribution in [0.15, 0.2) is 54.9 Å². The number of aromatic nitrogens is 4. The van der Waals surface area contributed by atoms with Crippen molar-refractivity contribution >= 4 is 40.3 Å². The van der Waals surface area contributed by atoms with E-state index >= 15 is 0 Å². The molecular formula is C31H28F3N7O4. The number of piperidine rings is 1. The standard InChI is InChI=1S/C31H28F3N7O4/c32-31(33,34)27-26(37-22-7-3-4-8-23(22)38-27)18-16-36-40(17-18)14-6-2-1-5-13-35-19-9-10-20-21(15-19)30(45)41(29(20)44)24-11-12-25(42)39-28(24)43/h3-4,7-10,15-17,24,35H,1-2,5-6,11-14H2,(H,39,42,43). The molecule has 1 unspecified atom stereocenters. The zero-order chi connectivity index (χ0) is 31.7. The number of fused-ring (bicyclic) bond motifs is 2. The van der Waals surface area contributed by atoms with Crippen LogP contribution in [-0.4, -0.2) is 60.9 Å². The Bertz CT molecular complexity index is 1820. The van der Waals surface area contributed by atoms with Gasteiger partial charge in [0.25, 0.3) is 11.8 Å². The molecule has 2 aromatic carbocycles. The Labute approximate surface area is 254 Å². The number of carbonyl (C=O) groups is 4. The van der Waals surface area contributed by atoms with Gasteiger partial charge in [0, 0.05) is 37.0 Å². The summed E-state index contributed by atoms with van der Waals surface area (Å²) in [5.41, 5.74) is 0.602. The zero-order valence-corrected chi connectivity index (χ0v) is 23.9. The van der Waals surface area contributed by atoms with E-state index in [-0.39, 0.29) is 40.7 Å². The van der Waals surface area contributed by atoms with Gasteiger partial charge in [0.1, 0.15) is 11.7 Å². The predicted molar refractivity (Wildman–Crippen MR) is 156 cm³/mol. The van der Waals surface area contributed by atoms with Crippen molar-refractivity contribution < 1.29 is 32.3 Å². The molecule has 4 heterocycles. The van der Waals surface area contributed by atoms with E-state index in [0.29, 0.717) is 24.3 Å². The van der Waals surface area contributed by atoms with Crippen molar-refractivity contribution in [1.82, 2.24) is 30.0 Å². The molecule has 6 rings (SSSR count). The van der Waals surface area contributed by atoms with Crippen molar-refractivity contribution in [2.45, 2.75) is 57.3 Å². The van der Waals surface area contributed by atoms with Crippen LogP contribution in [-0.2, 0) is 22.3 Å². The highest BCUT2D eigenvalue weighted by Crippen LogP contribution is 2.36. The Kier molecular flexibility index (Phi) is 8.04. The van der Waals surface area contributed by atoms with Crippen LogP contribution in [0.3, 0.4) is 0 Å². The molecule has 45 heavy (non-hydrogen) atoms. The molecule has 4 amide bonds. The third-order valence-electron chi connectivity index (χ3n) is 7.83. The van der Waals surface area contributed by atoms with Crippen LogP contribution in [0, 0.1) is 0 Å². The number of amides is 4. The number of para-hydroxylation sites is 2. The Balaban J connectivity index is 0.979. The summed E-state index contributed by atoms with van der Waals surface area (Å²) in [7, 11) is 0. The van der Waals surface area contributed by atoms with Crippen molar-refractivity contribution in [2.75, 3.05) is 11.9 Å². The lowest BCUT2D eigenvalue weighted by Crippen LogP contribution is -2.54. The minimum atomic E-state index is -4.66. The number of hydrogen-bond donors (Lipinski definition) is 2. The molecule has 0 saturated carbocycles. The van der Waals surface area contributed by atoms with Crippen LogP contribution in [0.5, 0.6) is 0 Å². The van der Waals surface area contributed by atoms with Gasteiger partial charge in [0.15, 0.2) is 5.69 Å². The van der Waals surface area contributed by atoms with Crippen LogP contribution in [0.1, 0.15) is 64.9 Å². The summed E-state index contributed by atoms with van der Waals surface area (Å²) in [5, 5.41) is 9.66. The van der Waals surface area contributed by atoms with Crippen LogP contribution in [0.2, 0.25) is 0 Å². The second kappa shape index (κ2) is 12.1. The van der Waals surface area contributed by atoms with Gasteiger partial charge in [0.05, 0.1) is 28.4 Å². The third-order valence-corrected chi connectivity index (χ3v) is 7.83. The first kappa shape index (κ1) is 29.9. The van der Waals surface area contributed by atoms with E-state index in [4.69, 9.17) is 0 Å². The van der Waals surface area contributed by atoms with Gasteiger partial charge in [-0.3, -0.25) is 34.1 Å². The van der Waals surface area contributed by atoms with E-state index in [1.54, 1.807) is 47.3 Å². The number of halogens is 3. The Hall–Kier alpha value is -5.14. The molecule has 2 aromatic heterocycles. The molecule has 11 nitrogen and oxygen atoms in total. The molecule has 1 saturated heterocycles. The second-order valence-corrected chi connectivity index (χ2v) is 10.9. The van der Waals surface area contributed by atoms with Gasteiger partial charge in [-0.05, 0) is 49.6 Å². The Morgan fingerprint density at radius 1 is 0.911 bits per heavy atom. The fourth-order valence-corrected chi connectivity index (χ4v) is 5.57. The van der Waals surface area contributed by atoms with E-state index in [9.17, 15) is 32.3 Å². The summed E-state index contributed by atoms with van der Waals surface area (Å²) >= 11 is 0. The Morgan fingerprint density at radius 2 is 1.64 bits per heavy atom. The molecular weight excluding hydrogens is 591 g/mol. The van der Waals surface area contributed by atoms with Gasteiger partial charge in [-0.1, -0.05) is 25.0 Å². The largest absolute Gasteiger partial charge is 0.435 e. The summed E-state index contributed by atoms with van der Waals surface area (Å²) in [6.45, 7) is 1.14. The molecule has 2 aliphatic heterocycles. The SMILES string of the molecule is O=C1CCC(N2C(=O)c3ccc(NCCCCCCn4cc(-c5nc6ccccc6nc5C(F)(F)F)cn4)cc3C2=O)C(=O)N1. The number of anilines is 1. The smallest absolute Gasteiger partial charge is 0.385 e. The summed E-state index contributed by atoms with van der Waals surface area (Å²) in [6, 6.07) is 10.3. The molecule has 0 radical (unpaired) electrons. The first-order valence-corrected chi connectivity index (χ1v) is 14.6. The number of nitrogens with zero attached hydrogens (tertiary/aromatic N) is 5. The first-order chi connectivity index (χ1) is 21.6. The lowest BCUT2D eigenvalue weighted by atomic mass is 10.0. The molecule has 0 bridgehead atoms. The molecule has 232 valence electrons. The minimum Gasteiger partial charge on any atom is -0.385 e. The monoisotopic (exact) mass is 619 g/mol. The van der Waals surface area contributed by atoms with Crippen LogP contribution in [0.4, 0.5) is 18.9 Å². The highest BCUT2D eigenvalue weighted by atomic mass is 19.4. The second-order valence-electron chi connectivity index (χ2n) is 10.9. The van der Waals surface area contributed by atoms with Gasteiger partial charge in [-0.25, -0.2) is 9.97 Å². The van der Waals surface area contributed by atoms with Crippen molar-refractivity contribution in [3.63, 3.8) is 0 Å². The van der Waals surface area contributed by atoms with E-state index < -0.39 is 41.5 Å². The summed E-state index contributed by atoms with van der Waals surface area (Å²) in [6.07, 6.45) is 1.74. The van der Waals surface area contributed by atoms with Gasteiger partial charge in [0.2, 0.25) is 11.8 Å². The number of aryl methyl sites for hydroxylation is 1. The number of benzene rings is 2. The molecule has 0 spiro atoms. The molecule has 1 atom stereocenters. The fourth-order valence-electron chi connectivity index (χ4n) is 5.57. The maximum atomic E-state index is 13.7. The lowest BCUT2D eigenvalue weighted by Gasteiger charge is -2.27. The number of unbranched alkanes of at least 4 members (excludes halogenated alkanes) is 3. The van der Waals surface area contributed by atoms with Crippen LogP contribution in [0.25, 0.3) is 22.3 Å². The average molecular weight is 620 g/mol. The number of alkyl halides is 3. The van der Waals surface area contributed by atoms with Crippen LogP contribution >= 0.6 is 0 Å². The maximum Gasteiger partial charge on any atom is 0.435 e. The van der Waals surface area contributed by atoms with Crippen molar-refractivity contribution in [1.29, 1.82) is 0 Å².